The van der Waals surface area contributed by atoms with Crippen molar-refractivity contribution in [1.29, 1.82) is 0 Å². The monoisotopic (exact) mass is 123 g/mol. The summed E-state index contributed by atoms with van der Waals surface area (Å²) in [6.07, 6.45) is 4.86. The van der Waals surface area contributed by atoms with Crippen molar-refractivity contribution in [2.75, 3.05) is 13.1 Å². The Morgan fingerprint density at radius 1 is 1.12 bits per heavy atom. The molecule has 0 radical (unpaired) electrons. The molecule has 0 aromatic carbocycles. The number of piperidine rings is 1. The number of rotatable bonds is 0. The molecule has 0 bridgehead atoms. The second-order valence-electron chi connectivity index (χ2n) is 1.62. The minimum Gasteiger partial charge on any atom is -0.358 e. The van der Waals surface area contributed by atoms with Crippen molar-refractivity contribution in [2.24, 2.45) is 0 Å². The number of nitrogens with one attached hydrogen (secondary N) is 1. The van der Waals surface area contributed by atoms with Crippen LogP contribution in [-0.4, -0.2) is 36.1 Å². The van der Waals surface area contributed by atoms with Crippen LogP contribution in [0.1, 0.15) is 12.8 Å². The molecule has 1 N–H and O–H groups in total. The molecule has 1 heterocycles. The molecule has 1 fully saturated rings. The van der Waals surface area contributed by atoms with E-state index in [1.54, 1.807) is 0 Å². The van der Waals surface area contributed by atoms with Crippen molar-refractivity contribution in [2.45, 2.75) is 12.8 Å². The SMILES string of the molecule is [CH-]1CCNCC1.[CH3-].[Mg+2]. The summed E-state index contributed by atoms with van der Waals surface area (Å²) in [5.41, 5.74) is 0. The zero-order chi connectivity index (χ0) is 4.24. The molecule has 1 saturated heterocycles. The summed E-state index contributed by atoms with van der Waals surface area (Å²) in [4.78, 5) is 0. The Bertz CT molecular complexity index is 24.0. The maximum Gasteiger partial charge on any atom is 2.00 e. The predicted octanol–water partition coefficient (Wildman–Crippen LogP) is 0.644. The van der Waals surface area contributed by atoms with Gasteiger partial charge in [-0.15, -0.1) is 0 Å². The molecule has 2 heteroatoms. The fraction of sp³-hybridized carbons (Fsp3) is 0.667. The van der Waals surface area contributed by atoms with Crippen LogP contribution in [0.2, 0.25) is 0 Å². The summed E-state index contributed by atoms with van der Waals surface area (Å²) in [7, 11) is 0. The minimum atomic E-state index is 0. The van der Waals surface area contributed by atoms with E-state index in [0.717, 1.165) is 0 Å². The van der Waals surface area contributed by atoms with Gasteiger partial charge in [0.2, 0.25) is 0 Å². The van der Waals surface area contributed by atoms with E-state index in [2.05, 4.69) is 11.7 Å². The summed E-state index contributed by atoms with van der Waals surface area (Å²) in [6, 6.07) is 0. The zero-order valence-corrected chi connectivity index (χ0v) is 7.03. The first kappa shape index (κ1) is 11.5. The normalized spacial score (nSPS) is 18.0. The third-order valence-corrected chi connectivity index (χ3v) is 1.05. The van der Waals surface area contributed by atoms with E-state index in [1.807, 2.05) is 0 Å². The summed E-state index contributed by atoms with van der Waals surface area (Å²) in [6.45, 7) is 2.39. The minimum absolute atomic E-state index is 0. The van der Waals surface area contributed by atoms with Crippen LogP contribution in [0.4, 0.5) is 0 Å². The molecule has 0 atom stereocenters. The van der Waals surface area contributed by atoms with E-state index in [0.29, 0.717) is 0 Å². The summed E-state index contributed by atoms with van der Waals surface area (Å²) in [5, 5.41) is 3.25. The fourth-order valence-corrected chi connectivity index (χ4v) is 0.678. The van der Waals surface area contributed by atoms with E-state index in [9.17, 15) is 0 Å². The van der Waals surface area contributed by atoms with Gasteiger partial charge in [0.05, 0.1) is 0 Å². The molecular formula is C6H13MgN. The van der Waals surface area contributed by atoms with Gasteiger partial charge in [-0.2, -0.15) is 12.8 Å². The average Bonchev–Trinajstić information content (AvgIpc) is 1.72. The standard InChI is InChI=1S/C5H10N.CH3.Mg/c1-2-4-6-5-3-1;;/h1,6H,2-5H2;1H3;/q2*-1;+2. The third-order valence-electron chi connectivity index (χ3n) is 1.05. The topological polar surface area (TPSA) is 12.0 Å². The van der Waals surface area contributed by atoms with Crippen molar-refractivity contribution < 1.29 is 0 Å². The number of hydrogen-bond acceptors (Lipinski definition) is 1. The van der Waals surface area contributed by atoms with Crippen LogP contribution in [0.3, 0.4) is 0 Å². The van der Waals surface area contributed by atoms with Crippen LogP contribution >= 0.6 is 0 Å². The van der Waals surface area contributed by atoms with Gasteiger partial charge in [0.25, 0.3) is 0 Å². The molecule has 0 amide bonds. The molecule has 8 heavy (non-hydrogen) atoms. The molecular weight excluding hydrogens is 110 g/mol. The van der Waals surface area contributed by atoms with Crippen molar-refractivity contribution in [3.05, 3.63) is 13.8 Å². The fourth-order valence-electron chi connectivity index (χ4n) is 0.678. The maximum absolute atomic E-state index is 3.25. The van der Waals surface area contributed by atoms with Crippen LogP contribution in [0.25, 0.3) is 0 Å². The Labute approximate surface area is 68.4 Å². The van der Waals surface area contributed by atoms with Crippen LogP contribution < -0.4 is 5.32 Å². The van der Waals surface area contributed by atoms with Gasteiger partial charge < -0.3 is 19.2 Å². The van der Waals surface area contributed by atoms with Crippen molar-refractivity contribution in [3.8, 4) is 0 Å². The van der Waals surface area contributed by atoms with Gasteiger partial charge in [-0.1, -0.05) is 0 Å². The quantitative estimate of drug-likeness (QED) is 0.368. The first-order valence-corrected chi connectivity index (χ1v) is 2.52. The van der Waals surface area contributed by atoms with Crippen LogP contribution in [-0.2, 0) is 0 Å². The molecule has 0 unspecified atom stereocenters. The number of hydrogen-bond donors (Lipinski definition) is 1. The third kappa shape index (κ3) is 4.87. The molecule has 1 aliphatic rings. The summed E-state index contributed by atoms with van der Waals surface area (Å²) in [5.74, 6) is 0. The van der Waals surface area contributed by atoms with E-state index in [-0.39, 0.29) is 30.5 Å². The van der Waals surface area contributed by atoms with Crippen molar-refractivity contribution >= 4 is 23.1 Å². The van der Waals surface area contributed by atoms with Crippen molar-refractivity contribution in [3.63, 3.8) is 0 Å². The van der Waals surface area contributed by atoms with Crippen LogP contribution in [0, 0.1) is 13.8 Å². The van der Waals surface area contributed by atoms with Gasteiger partial charge in [0.1, 0.15) is 0 Å². The molecule has 0 aromatic rings. The Morgan fingerprint density at radius 3 is 1.75 bits per heavy atom. The first-order chi connectivity index (χ1) is 3.00. The molecule has 44 valence electrons. The Kier molecular flexibility index (Phi) is 11.1. The van der Waals surface area contributed by atoms with Gasteiger partial charge in [-0.3, -0.25) is 0 Å². The predicted molar refractivity (Wildman–Crippen MR) is 38.6 cm³/mol. The van der Waals surface area contributed by atoms with E-state index >= 15 is 0 Å². The van der Waals surface area contributed by atoms with Gasteiger partial charge in [-0.05, 0) is 13.1 Å². The molecule has 1 aliphatic heterocycles. The van der Waals surface area contributed by atoms with Gasteiger partial charge in [0.15, 0.2) is 0 Å². The summed E-state index contributed by atoms with van der Waals surface area (Å²) >= 11 is 0. The molecule has 0 spiro atoms. The summed E-state index contributed by atoms with van der Waals surface area (Å²) < 4.78 is 0. The van der Waals surface area contributed by atoms with Gasteiger partial charge >= 0.3 is 23.1 Å². The molecule has 1 nitrogen and oxygen atoms in total. The molecule has 0 saturated carbocycles. The maximum atomic E-state index is 3.25. The molecule has 0 aliphatic carbocycles. The van der Waals surface area contributed by atoms with Gasteiger partial charge in [-0.25, -0.2) is 0 Å². The second kappa shape index (κ2) is 7.73. The van der Waals surface area contributed by atoms with Gasteiger partial charge in [0, 0.05) is 0 Å². The zero-order valence-electron chi connectivity index (χ0n) is 5.61. The Hall–Kier alpha value is 0.726. The molecule has 0 aromatic heterocycles. The van der Waals surface area contributed by atoms with E-state index in [1.165, 1.54) is 25.9 Å². The smallest absolute Gasteiger partial charge is 0.358 e. The first-order valence-electron chi connectivity index (χ1n) is 2.52. The Balaban J connectivity index is 0. The molecule has 1 rings (SSSR count). The van der Waals surface area contributed by atoms with Crippen LogP contribution in [0.5, 0.6) is 0 Å². The van der Waals surface area contributed by atoms with Crippen LogP contribution in [0.15, 0.2) is 0 Å². The average molecular weight is 123 g/mol. The van der Waals surface area contributed by atoms with E-state index in [4.69, 9.17) is 0 Å². The van der Waals surface area contributed by atoms with Crippen molar-refractivity contribution in [1.82, 2.24) is 5.32 Å². The van der Waals surface area contributed by atoms with E-state index < -0.39 is 0 Å². The largest absolute Gasteiger partial charge is 2.00 e. The Morgan fingerprint density at radius 2 is 1.62 bits per heavy atom. The second-order valence-corrected chi connectivity index (χ2v) is 1.62.